The monoisotopic (exact) mass is 433 g/mol. The van der Waals surface area contributed by atoms with Crippen molar-refractivity contribution in [1.29, 1.82) is 0 Å². The number of nitrogens with one attached hydrogen (secondary N) is 1. The van der Waals surface area contributed by atoms with Crippen molar-refractivity contribution in [2.24, 2.45) is 23.2 Å². The minimum atomic E-state index is 0.0927. The van der Waals surface area contributed by atoms with Crippen LogP contribution in [0.1, 0.15) is 66.4 Å². The van der Waals surface area contributed by atoms with E-state index < -0.39 is 0 Å². The van der Waals surface area contributed by atoms with Gasteiger partial charge in [-0.2, -0.15) is 5.10 Å². The van der Waals surface area contributed by atoms with Gasteiger partial charge in [-0.1, -0.05) is 30.3 Å². The lowest BCUT2D eigenvalue weighted by Crippen LogP contribution is -2.55. The van der Waals surface area contributed by atoms with Gasteiger partial charge in [0.25, 0.3) is 5.91 Å². The quantitative estimate of drug-likeness (QED) is 0.554. The number of aryl methyl sites for hydroxylation is 1. The third-order valence-electron chi connectivity index (χ3n) is 8.36. The van der Waals surface area contributed by atoms with Crippen LogP contribution in [0, 0.1) is 30.1 Å². The number of hydrogen-bond donors (Lipinski definition) is 1. The van der Waals surface area contributed by atoms with Crippen LogP contribution in [0.3, 0.4) is 0 Å². The molecule has 0 radical (unpaired) electrons. The van der Waals surface area contributed by atoms with Crippen LogP contribution in [0.2, 0.25) is 0 Å². The minimum absolute atomic E-state index is 0.0927. The SMILES string of the molecule is Cc1nn(Cc2ccccc2)c2sc(C(=O)NC(C)C34CC5CC(CC(C5)C3)C4)cc12. The Kier molecular flexibility index (Phi) is 4.53. The molecule has 4 saturated carbocycles. The van der Waals surface area contributed by atoms with E-state index in [4.69, 9.17) is 5.10 Å². The molecule has 2 heterocycles. The summed E-state index contributed by atoms with van der Waals surface area (Å²) in [7, 11) is 0. The molecule has 4 fully saturated rings. The maximum absolute atomic E-state index is 13.3. The Labute approximate surface area is 188 Å². The second-order valence-electron chi connectivity index (χ2n) is 10.5. The smallest absolute Gasteiger partial charge is 0.261 e. The van der Waals surface area contributed by atoms with E-state index >= 15 is 0 Å². The van der Waals surface area contributed by atoms with E-state index in [0.29, 0.717) is 5.41 Å². The fourth-order valence-electron chi connectivity index (χ4n) is 7.22. The summed E-state index contributed by atoms with van der Waals surface area (Å²) in [6.45, 7) is 5.04. The molecular formula is C26H31N3OS. The third-order valence-corrected chi connectivity index (χ3v) is 9.51. The van der Waals surface area contributed by atoms with Crippen molar-refractivity contribution < 1.29 is 4.79 Å². The van der Waals surface area contributed by atoms with Gasteiger partial charge in [0.05, 0.1) is 17.1 Å². The van der Waals surface area contributed by atoms with Crippen LogP contribution in [0.25, 0.3) is 10.2 Å². The largest absolute Gasteiger partial charge is 0.348 e. The van der Waals surface area contributed by atoms with E-state index in [1.807, 2.05) is 23.7 Å². The highest BCUT2D eigenvalue weighted by atomic mass is 32.1. The van der Waals surface area contributed by atoms with Crippen LogP contribution in [0.5, 0.6) is 0 Å². The van der Waals surface area contributed by atoms with Crippen molar-refractivity contribution in [1.82, 2.24) is 15.1 Å². The summed E-state index contributed by atoms with van der Waals surface area (Å²) in [5.74, 6) is 2.81. The van der Waals surface area contributed by atoms with Gasteiger partial charge in [0.2, 0.25) is 0 Å². The Balaban J connectivity index is 1.23. The zero-order valence-electron chi connectivity index (χ0n) is 18.4. The minimum Gasteiger partial charge on any atom is -0.348 e. The van der Waals surface area contributed by atoms with Gasteiger partial charge in [-0.25, -0.2) is 0 Å². The first-order valence-corrected chi connectivity index (χ1v) is 12.6. The molecule has 1 aromatic carbocycles. The Bertz CT molecular complexity index is 1090. The predicted octanol–water partition coefficient (Wildman–Crippen LogP) is 5.79. The third kappa shape index (κ3) is 3.32. The van der Waals surface area contributed by atoms with Crippen LogP contribution in [-0.2, 0) is 6.54 Å². The van der Waals surface area contributed by atoms with Gasteiger partial charge in [0.15, 0.2) is 0 Å². The number of hydrogen-bond acceptors (Lipinski definition) is 3. The summed E-state index contributed by atoms with van der Waals surface area (Å²) in [6, 6.07) is 12.7. The Hall–Kier alpha value is -2.14. The zero-order valence-corrected chi connectivity index (χ0v) is 19.3. The Morgan fingerprint density at radius 3 is 2.45 bits per heavy atom. The predicted molar refractivity (Wildman–Crippen MR) is 125 cm³/mol. The summed E-state index contributed by atoms with van der Waals surface area (Å²) in [6.07, 6.45) is 8.27. The molecule has 4 aliphatic rings. The lowest BCUT2D eigenvalue weighted by atomic mass is 9.48. The highest BCUT2D eigenvalue weighted by Crippen LogP contribution is 2.61. The lowest BCUT2D eigenvalue weighted by molar-refractivity contribution is -0.0687. The van der Waals surface area contributed by atoms with E-state index in [-0.39, 0.29) is 11.9 Å². The number of amides is 1. The number of aromatic nitrogens is 2. The standard InChI is InChI=1S/C26H31N3OS/c1-16-22-11-23(31-25(22)29(28-16)15-18-6-4-3-5-7-18)24(30)27-17(2)26-12-19-8-20(13-26)10-21(9-19)14-26/h3-7,11,17,19-21H,8-10,12-15H2,1-2H3,(H,27,30). The second kappa shape index (κ2) is 7.19. The maximum Gasteiger partial charge on any atom is 0.261 e. The van der Waals surface area contributed by atoms with Gasteiger partial charge in [0, 0.05) is 11.4 Å². The van der Waals surface area contributed by atoms with Crippen molar-refractivity contribution in [2.45, 2.75) is 65.0 Å². The number of thiophene rings is 1. The zero-order chi connectivity index (χ0) is 21.2. The van der Waals surface area contributed by atoms with Gasteiger partial charge in [-0.15, -0.1) is 11.3 Å². The van der Waals surface area contributed by atoms with E-state index in [0.717, 1.165) is 45.1 Å². The van der Waals surface area contributed by atoms with Crippen molar-refractivity contribution in [3.63, 3.8) is 0 Å². The summed E-state index contributed by atoms with van der Waals surface area (Å²) in [5.41, 5.74) is 2.55. The van der Waals surface area contributed by atoms with Crippen molar-refractivity contribution >= 4 is 27.5 Å². The average molecular weight is 434 g/mol. The number of carbonyl (C=O) groups is 1. The molecule has 0 saturated heterocycles. The van der Waals surface area contributed by atoms with Crippen molar-refractivity contribution in [2.75, 3.05) is 0 Å². The topological polar surface area (TPSA) is 46.9 Å². The Morgan fingerprint density at radius 1 is 1.16 bits per heavy atom. The first kappa shape index (κ1) is 19.5. The van der Waals surface area contributed by atoms with Gasteiger partial charge in [0.1, 0.15) is 4.83 Å². The molecule has 4 bridgehead atoms. The maximum atomic E-state index is 13.3. The summed E-state index contributed by atoms with van der Waals surface area (Å²) in [5, 5.41) is 9.27. The number of carbonyl (C=O) groups excluding carboxylic acids is 1. The molecular weight excluding hydrogens is 402 g/mol. The van der Waals surface area contributed by atoms with Crippen LogP contribution >= 0.6 is 11.3 Å². The fourth-order valence-corrected chi connectivity index (χ4v) is 8.28. The fraction of sp³-hybridized carbons (Fsp3) is 0.538. The van der Waals surface area contributed by atoms with Crippen LogP contribution < -0.4 is 5.32 Å². The van der Waals surface area contributed by atoms with E-state index in [9.17, 15) is 4.79 Å². The molecule has 2 aromatic heterocycles. The highest BCUT2D eigenvalue weighted by molar-refractivity contribution is 7.20. The normalized spacial score (nSPS) is 30.1. The second-order valence-corrected chi connectivity index (χ2v) is 11.6. The lowest BCUT2D eigenvalue weighted by Gasteiger charge is -2.59. The van der Waals surface area contributed by atoms with E-state index in [1.54, 1.807) is 11.3 Å². The molecule has 0 aliphatic heterocycles. The van der Waals surface area contributed by atoms with Crippen LogP contribution in [0.15, 0.2) is 36.4 Å². The van der Waals surface area contributed by atoms with Gasteiger partial charge < -0.3 is 5.32 Å². The molecule has 4 nitrogen and oxygen atoms in total. The first-order chi connectivity index (χ1) is 15.0. The Morgan fingerprint density at radius 2 is 1.81 bits per heavy atom. The molecule has 162 valence electrons. The molecule has 5 heteroatoms. The van der Waals surface area contributed by atoms with Crippen molar-refractivity contribution in [3.05, 3.63) is 52.5 Å². The number of fused-ring (bicyclic) bond motifs is 1. The molecule has 1 amide bonds. The molecule has 1 N–H and O–H groups in total. The summed E-state index contributed by atoms with van der Waals surface area (Å²) in [4.78, 5) is 15.2. The number of nitrogens with zero attached hydrogens (tertiary/aromatic N) is 2. The molecule has 31 heavy (non-hydrogen) atoms. The van der Waals surface area contributed by atoms with Gasteiger partial charge in [-0.05, 0) is 87.2 Å². The van der Waals surface area contributed by atoms with Crippen LogP contribution in [-0.4, -0.2) is 21.7 Å². The van der Waals surface area contributed by atoms with Crippen molar-refractivity contribution in [3.8, 4) is 0 Å². The van der Waals surface area contributed by atoms with Crippen LogP contribution in [0.4, 0.5) is 0 Å². The summed E-state index contributed by atoms with van der Waals surface area (Å²) >= 11 is 1.58. The molecule has 1 unspecified atom stereocenters. The highest BCUT2D eigenvalue weighted by Gasteiger charge is 2.53. The molecule has 1 atom stereocenters. The molecule has 7 rings (SSSR count). The summed E-state index contributed by atoms with van der Waals surface area (Å²) < 4.78 is 2.05. The molecule has 0 spiro atoms. The van der Waals surface area contributed by atoms with Gasteiger partial charge >= 0.3 is 0 Å². The van der Waals surface area contributed by atoms with Gasteiger partial charge in [-0.3, -0.25) is 9.48 Å². The number of rotatable bonds is 5. The number of benzene rings is 1. The molecule has 3 aromatic rings. The first-order valence-electron chi connectivity index (χ1n) is 11.8. The molecule has 4 aliphatic carbocycles. The van der Waals surface area contributed by atoms with E-state index in [1.165, 1.54) is 44.1 Å². The average Bonchev–Trinajstić information content (AvgIpc) is 3.29. The van der Waals surface area contributed by atoms with E-state index in [2.05, 4.69) is 36.5 Å².